The molecule has 1 aromatic carbocycles. The van der Waals surface area contributed by atoms with Crippen LogP contribution in [0.3, 0.4) is 0 Å². The predicted molar refractivity (Wildman–Crippen MR) is 91.4 cm³/mol. The van der Waals surface area contributed by atoms with E-state index in [1.54, 1.807) is 30.3 Å². The summed E-state index contributed by atoms with van der Waals surface area (Å²) in [4.78, 5) is 16.2. The SMILES string of the molecule is CC(C)(CN)NC(=O)c1ccc(Oc2cccc(Cl)c2Cl)nc1. The maximum Gasteiger partial charge on any atom is 0.253 e. The number of carbonyl (C=O) groups excluding carboxylic acids is 1. The summed E-state index contributed by atoms with van der Waals surface area (Å²) < 4.78 is 5.57. The number of hydrogen-bond acceptors (Lipinski definition) is 4. The largest absolute Gasteiger partial charge is 0.437 e. The van der Waals surface area contributed by atoms with Gasteiger partial charge in [-0.1, -0.05) is 29.3 Å². The van der Waals surface area contributed by atoms with Crippen molar-refractivity contribution in [3.05, 3.63) is 52.1 Å². The van der Waals surface area contributed by atoms with Crippen LogP contribution in [0.4, 0.5) is 0 Å². The fourth-order valence-electron chi connectivity index (χ4n) is 1.68. The number of carbonyl (C=O) groups is 1. The van der Waals surface area contributed by atoms with Crippen LogP contribution < -0.4 is 15.8 Å². The summed E-state index contributed by atoms with van der Waals surface area (Å²) in [7, 11) is 0. The van der Waals surface area contributed by atoms with Crippen LogP contribution in [0, 0.1) is 0 Å². The van der Waals surface area contributed by atoms with Crippen LogP contribution in [0.2, 0.25) is 10.0 Å². The topological polar surface area (TPSA) is 77.2 Å². The standard InChI is InChI=1S/C16H17Cl2N3O2/c1-16(2,9-19)21-15(22)10-6-7-13(20-8-10)23-12-5-3-4-11(17)14(12)18/h3-8H,9,19H2,1-2H3,(H,21,22). The maximum atomic E-state index is 12.1. The zero-order valence-corrected chi connectivity index (χ0v) is 14.3. The quantitative estimate of drug-likeness (QED) is 0.859. The Kier molecular flexibility index (Phi) is 5.46. The van der Waals surface area contributed by atoms with Crippen molar-refractivity contribution in [1.29, 1.82) is 0 Å². The summed E-state index contributed by atoms with van der Waals surface area (Å²) in [5.41, 5.74) is 5.52. The average Bonchev–Trinajstić information content (AvgIpc) is 2.52. The van der Waals surface area contributed by atoms with Gasteiger partial charge in [0.05, 0.1) is 10.6 Å². The number of ether oxygens (including phenoxy) is 1. The predicted octanol–water partition coefficient (Wildman–Crippen LogP) is 3.65. The number of nitrogens with zero attached hydrogens (tertiary/aromatic N) is 1. The third-order valence-electron chi connectivity index (χ3n) is 3.09. The number of aromatic nitrogens is 1. The van der Waals surface area contributed by atoms with Gasteiger partial charge < -0.3 is 15.8 Å². The zero-order valence-electron chi connectivity index (χ0n) is 12.8. The molecule has 0 atom stereocenters. The number of halogens is 2. The van der Waals surface area contributed by atoms with Crippen LogP contribution in [0.5, 0.6) is 11.6 Å². The molecule has 0 aliphatic rings. The van der Waals surface area contributed by atoms with E-state index in [-0.39, 0.29) is 5.91 Å². The van der Waals surface area contributed by atoms with Crippen LogP contribution in [-0.2, 0) is 0 Å². The third kappa shape index (κ3) is 4.58. The van der Waals surface area contributed by atoms with Crippen molar-refractivity contribution in [3.8, 4) is 11.6 Å². The molecule has 2 rings (SSSR count). The normalized spacial score (nSPS) is 11.2. The highest BCUT2D eigenvalue weighted by atomic mass is 35.5. The van der Waals surface area contributed by atoms with E-state index in [1.807, 2.05) is 13.8 Å². The minimum Gasteiger partial charge on any atom is -0.437 e. The number of rotatable bonds is 5. The highest BCUT2D eigenvalue weighted by molar-refractivity contribution is 6.42. The first-order valence-corrected chi connectivity index (χ1v) is 7.68. The Hall–Kier alpha value is -1.82. The summed E-state index contributed by atoms with van der Waals surface area (Å²) in [5.74, 6) is 0.456. The van der Waals surface area contributed by atoms with E-state index < -0.39 is 5.54 Å². The number of benzene rings is 1. The first-order valence-electron chi connectivity index (χ1n) is 6.93. The molecule has 1 heterocycles. The van der Waals surface area contributed by atoms with E-state index >= 15 is 0 Å². The van der Waals surface area contributed by atoms with Crippen LogP contribution in [0.25, 0.3) is 0 Å². The van der Waals surface area contributed by atoms with Gasteiger partial charge in [0.2, 0.25) is 5.88 Å². The van der Waals surface area contributed by atoms with Crippen LogP contribution in [0.1, 0.15) is 24.2 Å². The Morgan fingerprint density at radius 3 is 2.65 bits per heavy atom. The van der Waals surface area contributed by atoms with E-state index in [0.29, 0.717) is 33.8 Å². The molecule has 2 aromatic rings. The Bertz CT molecular complexity index is 703. The van der Waals surface area contributed by atoms with E-state index in [1.165, 1.54) is 6.20 Å². The first kappa shape index (κ1) is 17.5. The molecule has 0 aliphatic carbocycles. The van der Waals surface area contributed by atoms with Gasteiger partial charge >= 0.3 is 0 Å². The van der Waals surface area contributed by atoms with Gasteiger partial charge in [0.25, 0.3) is 5.91 Å². The van der Waals surface area contributed by atoms with Gasteiger partial charge in [-0.05, 0) is 32.0 Å². The Morgan fingerprint density at radius 1 is 1.30 bits per heavy atom. The molecule has 1 aromatic heterocycles. The van der Waals surface area contributed by atoms with Crippen LogP contribution in [0.15, 0.2) is 36.5 Å². The van der Waals surface area contributed by atoms with Crippen LogP contribution >= 0.6 is 23.2 Å². The average molecular weight is 354 g/mol. The second kappa shape index (κ2) is 7.17. The van der Waals surface area contributed by atoms with Gasteiger partial charge in [-0.2, -0.15) is 0 Å². The van der Waals surface area contributed by atoms with Gasteiger partial charge in [0.15, 0.2) is 0 Å². The molecule has 7 heteroatoms. The van der Waals surface area contributed by atoms with E-state index in [0.717, 1.165) is 0 Å². The Balaban J connectivity index is 2.11. The second-order valence-corrected chi connectivity index (χ2v) is 6.37. The number of nitrogens with two attached hydrogens (primary N) is 1. The van der Waals surface area contributed by atoms with E-state index in [4.69, 9.17) is 33.7 Å². The lowest BCUT2D eigenvalue weighted by molar-refractivity contribution is 0.0915. The molecule has 0 aliphatic heterocycles. The Labute approximate surface area is 144 Å². The summed E-state index contributed by atoms with van der Waals surface area (Å²) in [5, 5.41) is 3.53. The van der Waals surface area contributed by atoms with E-state index in [9.17, 15) is 4.79 Å². The highest BCUT2D eigenvalue weighted by Gasteiger charge is 2.19. The number of amides is 1. The van der Waals surface area contributed by atoms with E-state index in [2.05, 4.69) is 10.3 Å². The fraction of sp³-hybridized carbons (Fsp3) is 0.250. The van der Waals surface area contributed by atoms with Crippen molar-refractivity contribution >= 4 is 29.1 Å². The monoisotopic (exact) mass is 353 g/mol. The van der Waals surface area contributed by atoms with Crippen molar-refractivity contribution in [1.82, 2.24) is 10.3 Å². The summed E-state index contributed by atoms with van der Waals surface area (Å²) in [6.07, 6.45) is 1.43. The molecule has 1 amide bonds. The molecule has 0 saturated heterocycles. The van der Waals surface area contributed by atoms with Gasteiger partial charge in [-0.25, -0.2) is 4.98 Å². The molecule has 23 heavy (non-hydrogen) atoms. The first-order chi connectivity index (χ1) is 10.8. The van der Waals surface area contributed by atoms with Crippen LogP contribution in [-0.4, -0.2) is 23.0 Å². The van der Waals surface area contributed by atoms with Crippen molar-refractivity contribution in [2.24, 2.45) is 5.73 Å². The fourth-order valence-corrected chi connectivity index (χ4v) is 2.01. The van der Waals surface area contributed by atoms with Gasteiger partial charge in [0.1, 0.15) is 10.8 Å². The van der Waals surface area contributed by atoms with Gasteiger partial charge in [-0.15, -0.1) is 0 Å². The van der Waals surface area contributed by atoms with Crippen molar-refractivity contribution in [2.75, 3.05) is 6.54 Å². The summed E-state index contributed by atoms with van der Waals surface area (Å²) in [6, 6.07) is 8.27. The lowest BCUT2D eigenvalue weighted by Gasteiger charge is -2.24. The summed E-state index contributed by atoms with van der Waals surface area (Å²) >= 11 is 12.0. The maximum absolute atomic E-state index is 12.1. The van der Waals surface area contributed by atoms with Gasteiger partial charge in [0, 0.05) is 24.3 Å². The molecule has 0 fully saturated rings. The molecule has 0 radical (unpaired) electrons. The zero-order chi connectivity index (χ0) is 17.0. The molecule has 0 bridgehead atoms. The third-order valence-corrected chi connectivity index (χ3v) is 3.89. The Morgan fingerprint density at radius 2 is 2.04 bits per heavy atom. The minimum atomic E-state index is -0.486. The second-order valence-electron chi connectivity index (χ2n) is 5.58. The molecule has 0 saturated carbocycles. The van der Waals surface area contributed by atoms with Crippen molar-refractivity contribution < 1.29 is 9.53 Å². The molecular formula is C16H17Cl2N3O2. The molecular weight excluding hydrogens is 337 g/mol. The molecule has 122 valence electrons. The highest BCUT2D eigenvalue weighted by Crippen LogP contribution is 2.33. The number of nitrogens with one attached hydrogen (secondary N) is 1. The number of pyridine rings is 1. The van der Waals surface area contributed by atoms with Gasteiger partial charge in [-0.3, -0.25) is 4.79 Å². The summed E-state index contributed by atoms with van der Waals surface area (Å²) in [6.45, 7) is 4.02. The molecule has 3 N–H and O–H groups in total. The number of hydrogen-bond donors (Lipinski definition) is 2. The lowest BCUT2D eigenvalue weighted by atomic mass is 10.1. The minimum absolute atomic E-state index is 0.250. The van der Waals surface area contributed by atoms with Crippen molar-refractivity contribution in [2.45, 2.75) is 19.4 Å². The molecule has 0 unspecified atom stereocenters. The molecule has 0 spiro atoms. The van der Waals surface area contributed by atoms with Crippen molar-refractivity contribution in [3.63, 3.8) is 0 Å². The lowest BCUT2D eigenvalue weighted by Crippen LogP contribution is -2.48. The molecule has 5 nitrogen and oxygen atoms in total. The smallest absolute Gasteiger partial charge is 0.253 e.